The average molecular weight is 307 g/mol. The predicted octanol–water partition coefficient (Wildman–Crippen LogP) is 2.52. The zero-order chi connectivity index (χ0) is 14.4. The highest BCUT2D eigenvalue weighted by Crippen LogP contribution is 2.42. The van der Waals surface area contributed by atoms with Gasteiger partial charge in [-0.2, -0.15) is 0 Å². The maximum Gasteiger partial charge on any atom is 0.315 e. The van der Waals surface area contributed by atoms with E-state index in [-0.39, 0.29) is 24.2 Å². The molecule has 3 heterocycles. The molecule has 4 rings (SSSR count). The summed E-state index contributed by atoms with van der Waals surface area (Å²) < 4.78 is 5.79. The van der Waals surface area contributed by atoms with Crippen LogP contribution in [0.2, 0.25) is 0 Å². The van der Waals surface area contributed by atoms with Gasteiger partial charge in [0.25, 0.3) is 0 Å². The van der Waals surface area contributed by atoms with Gasteiger partial charge in [0.05, 0.1) is 24.3 Å². The second-order valence-corrected chi connectivity index (χ2v) is 7.37. The highest BCUT2D eigenvalue weighted by Gasteiger charge is 2.42. The molecule has 2 N–H and O–H groups in total. The third-order valence-electron chi connectivity index (χ3n) is 4.71. The highest BCUT2D eigenvalue weighted by molar-refractivity contribution is 7.09. The minimum Gasteiger partial charge on any atom is -0.373 e. The van der Waals surface area contributed by atoms with Crippen molar-refractivity contribution in [2.45, 2.75) is 63.3 Å². The Bertz CT molecular complexity index is 543. The number of aryl methyl sites for hydroxylation is 1. The molecule has 3 fully saturated rings. The van der Waals surface area contributed by atoms with E-state index in [9.17, 15) is 4.79 Å². The van der Waals surface area contributed by atoms with Crippen LogP contribution >= 0.6 is 11.3 Å². The minimum absolute atomic E-state index is 0.0686. The number of rotatable bonds is 4. The summed E-state index contributed by atoms with van der Waals surface area (Å²) in [6.45, 7) is 2.00. The number of thiazole rings is 1. The molecular weight excluding hydrogens is 286 g/mol. The first-order valence-corrected chi connectivity index (χ1v) is 8.71. The first-order valence-electron chi connectivity index (χ1n) is 7.83. The molecule has 1 aliphatic carbocycles. The maximum atomic E-state index is 12.3. The number of fused-ring (bicyclic) bond motifs is 2. The quantitative estimate of drug-likeness (QED) is 0.898. The Morgan fingerprint density at radius 2 is 2.29 bits per heavy atom. The van der Waals surface area contributed by atoms with Gasteiger partial charge in [0.2, 0.25) is 0 Å². The zero-order valence-electron chi connectivity index (χ0n) is 12.2. The van der Waals surface area contributed by atoms with Crippen LogP contribution in [0.15, 0.2) is 5.38 Å². The monoisotopic (exact) mass is 307 g/mol. The van der Waals surface area contributed by atoms with E-state index >= 15 is 0 Å². The number of hydrogen-bond acceptors (Lipinski definition) is 4. The molecule has 0 radical (unpaired) electrons. The molecule has 6 heteroatoms. The summed E-state index contributed by atoms with van der Waals surface area (Å²) in [5.41, 5.74) is 1.03. The Morgan fingerprint density at radius 3 is 2.86 bits per heavy atom. The Labute approximate surface area is 128 Å². The minimum atomic E-state index is -0.0686. The van der Waals surface area contributed by atoms with E-state index in [4.69, 9.17) is 4.74 Å². The van der Waals surface area contributed by atoms with Crippen molar-refractivity contribution in [1.82, 2.24) is 15.6 Å². The van der Waals surface area contributed by atoms with Gasteiger partial charge in [-0.15, -0.1) is 11.3 Å². The lowest BCUT2D eigenvalue weighted by Gasteiger charge is -2.22. The molecule has 1 saturated carbocycles. The zero-order valence-corrected chi connectivity index (χ0v) is 13.0. The fourth-order valence-electron chi connectivity index (χ4n) is 3.47. The summed E-state index contributed by atoms with van der Waals surface area (Å²) in [6.07, 6.45) is 6.13. The lowest BCUT2D eigenvalue weighted by molar-refractivity contribution is 0.0980. The van der Waals surface area contributed by atoms with Crippen LogP contribution in [-0.2, 0) is 4.74 Å². The average Bonchev–Trinajstić information content (AvgIpc) is 2.87. The SMILES string of the molecule is Cc1csc([C@@H](NC(=O)N[C@H]2C[C@H]3CC[C@H]2O3)C2CC2)n1. The third kappa shape index (κ3) is 2.79. The summed E-state index contributed by atoms with van der Waals surface area (Å²) in [5.74, 6) is 0.553. The molecule has 4 atom stereocenters. The lowest BCUT2D eigenvalue weighted by atomic mass is 9.96. The normalized spacial score (nSPS) is 32.1. The number of carbonyl (C=O) groups is 1. The van der Waals surface area contributed by atoms with Crippen LogP contribution in [-0.4, -0.2) is 29.3 Å². The number of amides is 2. The molecule has 0 unspecified atom stereocenters. The van der Waals surface area contributed by atoms with E-state index in [2.05, 4.69) is 15.6 Å². The molecule has 0 aromatic carbocycles. The van der Waals surface area contributed by atoms with E-state index < -0.39 is 0 Å². The molecule has 1 aromatic rings. The molecule has 1 aromatic heterocycles. The summed E-state index contributed by atoms with van der Waals surface area (Å²) in [4.78, 5) is 16.8. The number of nitrogens with zero attached hydrogens (tertiary/aromatic N) is 1. The van der Waals surface area contributed by atoms with Crippen molar-refractivity contribution in [1.29, 1.82) is 0 Å². The molecule has 2 aliphatic heterocycles. The van der Waals surface area contributed by atoms with E-state index in [0.717, 1.165) is 30.0 Å². The van der Waals surface area contributed by atoms with E-state index in [1.54, 1.807) is 11.3 Å². The standard InChI is InChI=1S/C15H21N3O2S/c1-8-7-21-14(16-8)13(9-2-3-9)18-15(19)17-11-6-10-4-5-12(11)20-10/h7,9-13H,2-6H2,1H3,(H2,17,18,19)/t10-,11+,12-,13+/m1/s1. The van der Waals surface area contributed by atoms with Gasteiger partial charge in [-0.1, -0.05) is 0 Å². The Kier molecular flexibility index (Phi) is 3.38. The van der Waals surface area contributed by atoms with Crippen LogP contribution in [0, 0.1) is 12.8 Å². The second kappa shape index (κ2) is 5.25. The van der Waals surface area contributed by atoms with Crippen molar-refractivity contribution in [2.75, 3.05) is 0 Å². The van der Waals surface area contributed by atoms with Gasteiger partial charge in [0.1, 0.15) is 5.01 Å². The van der Waals surface area contributed by atoms with Crippen LogP contribution in [0.4, 0.5) is 4.79 Å². The predicted molar refractivity (Wildman–Crippen MR) is 80.3 cm³/mol. The smallest absolute Gasteiger partial charge is 0.315 e. The van der Waals surface area contributed by atoms with Gasteiger partial charge in [-0.25, -0.2) is 9.78 Å². The molecule has 114 valence electrons. The first-order chi connectivity index (χ1) is 10.2. The van der Waals surface area contributed by atoms with Crippen LogP contribution in [0.5, 0.6) is 0 Å². The number of aromatic nitrogens is 1. The van der Waals surface area contributed by atoms with Gasteiger partial charge in [-0.05, 0) is 44.9 Å². The lowest BCUT2D eigenvalue weighted by Crippen LogP contribution is -2.47. The summed E-state index contributed by atoms with van der Waals surface area (Å²) >= 11 is 1.64. The number of urea groups is 1. The largest absolute Gasteiger partial charge is 0.373 e. The van der Waals surface area contributed by atoms with E-state index in [0.29, 0.717) is 12.0 Å². The van der Waals surface area contributed by atoms with E-state index in [1.807, 2.05) is 12.3 Å². The van der Waals surface area contributed by atoms with E-state index in [1.165, 1.54) is 12.8 Å². The van der Waals surface area contributed by atoms with Crippen LogP contribution in [0.1, 0.15) is 48.8 Å². The van der Waals surface area contributed by atoms with Crippen LogP contribution < -0.4 is 10.6 Å². The fraction of sp³-hybridized carbons (Fsp3) is 0.733. The topological polar surface area (TPSA) is 63.2 Å². The van der Waals surface area contributed by atoms with Crippen molar-refractivity contribution in [3.05, 3.63) is 16.1 Å². The second-order valence-electron chi connectivity index (χ2n) is 6.48. The van der Waals surface area contributed by atoms with Crippen LogP contribution in [0.3, 0.4) is 0 Å². The molecule has 0 spiro atoms. The molecule has 5 nitrogen and oxygen atoms in total. The highest BCUT2D eigenvalue weighted by atomic mass is 32.1. The Balaban J connectivity index is 1.38. The van der Waals surface area contributed by atoms with Gasteiger partial charge >= 0.3 is 6.03 Å². The number of hydrogen-bond donors (Lipinski definition) is 2. The van der Waals surface area contributed by atoms with Crippen LogP contribution in [0.25, 0.3) is 0 Å². The van der Waals surface area contributed by atoms with Crippen molar-refractivity contribution in [3.63, 3.8) is 0 Å². The number of carbonyl (C=O) groups excluding carboxylic acids is 1. The Hall–Kier alpha value is -1.14. The van der Waals surface area contributed by atoms with Gasteiger partial charge in [0.15, 0.2) is 0 Å². The summed E-state index contributed by atoms with van der Waals surface area (Å²) in [5, 5.41) is 9.33. The maximum absolute atomic E-state index is 12.3. The molecular formula is C15H21N3O2S. The van der Waals surface area contributed by atoms with Crippen molar-refractivity contribution in [2.24, 2.45) is 5.92 Å². The van der Waals surface area contributed by atoms with Gasteiger partial charge < -0.3 is 15.4 Å². The molecule has 2 saturated heterocycles. The first kappa shape index (κ1) is 13.5. The number of ether oxygens (including phenoxy) is 1. The van der Waals surface area contributed by atoms with Gasteiger partial charge in [-0.3, -0.25) is 0 Å². The molecule has 3 aliphatic rings. The summed E-state index contributed by atoms with van der Waals surface area (Å²) in [7, 11) is 0. The molecule has 2 amide bonds. The third-order valence-corrected chi connectivity index (χ3v) is 5.75. The Morgan fingerprint density at radius 1 is 1.43 bits per heavy atom. The van der Waals surface area contributed by atoms with Crippen molar-refractivity contribution in [3.8, 4) is 0 Å². The van der Waals surface area contributed by atoms with Crippen molar-refractivity contribution < 1.29 is 9.53 Å². The molecule has 2 bridgehead atoms. The molecule has 21 heavy (non-hydrogen) atoms. The van der Waals surface area contributed by atoms with Crippen molar-refractivity contribution >= 4 is 17.4 Å². The number of nitrogens with one attached hydrogen (secondary N) is 2. The fourth-order valence-corrected chi connectivity index (χ4v) is 4.41. The summed E-state index contributed by atoms with van der Waals surface area (Å²) in [6, 6.07) is 0.186. The van der Waals surface area contributed by atoms with Gasteiger partial charge in [0, 0.05) is 11.1 Å².